The zero-order valence-electron chi connectivity index (χ0n) is 16.4. The molecule has 0 saturated heterocycles. The Morgan fingerprint density at radius 3 is 2.50 bits per heavy atom. The highest BCUT2D eigenvalue weighted by atomic mass is 32.1. The van der Waals surface area contributed by atoms with Gasteiger partial charge in [0.05, 0.1) is 32.7 Å². The van der Waals surface area contributed by atoms with E-state index in [1.807, 2.05) is 56.3 Å². The normalized spacial score (nSPS) is 10.9. The maximum absolute atomic E-state index is 5.49. The Labute approximate surface area is 168 Å². The number of hydrogen-bond donors (Lipinski definition) is 1. The van der Waals surface area contributed by atoms with Crippen molar-refractivity contribution in [1.29, 1.82) is 0 Å². The van der Waals surface area contributed by atoms with Gasteiger partial charge in [-0.1, -0.05) is 0 Å². The predicted octanol–water partition coefficient (Wildman–Crippen LogP) is 4.98. The number of thiazole rings is 1. The summed E-state index contributed by atoms with van der Waals surface area (Å²) in [4.78, 5) is 5.77. The molecule has 0 saturated carbocycles. The lowest BCUT2D eigenvalue weighted by Crippen LogP contribution is -1.94. The number of rotatable bonds is 8. The number of aryl methyl sites for hydroxylation is 1. The fourth-order valence-corrected chi connectivity index (χ4v) is 3.47. The Morgan fingerprint density at radius 1 is 1.07 bits per heavy atom. The molecule has 0 aliphatic heterocycles. The van der Waals surface area contributed by atoms with Crippen LogP contribution in [-0.4, -0.2) is 32.0 Å². The lowest BCUT2D eigenvalue weighted by molar-refractivity contribution is 0.340. The van der Waals surface area contributed by atoms with E-state index in [1.54, 1.807) is 31.8 Å². The minimum Gasteiger partial charge on any atom is -0.494 e. The fourth-order valence-electron chi connectivity index (χ4n) is 2.68. The zero-order chi connectivity index (χ0) is 19.9. The summed E-state index contributed by atoms with van der Waals surface area (Å²) in [5, 5.41) is 5.02. The molecule has 0 unspecified atom stereocenters. The van der Waals surface area contributed by atoms with Gasteiger partial charge in [-0.25, -0.2) is 4.98 Å². The number of nitrogens with one attached hydrogen (secondary N) is 1. The van der Waals surface area contributed by atoms with Crippen molar-refractivity contribution >= 4 is 22.7 Å². The summed E-state index contributed by atoms with van der Waals surface area (Å²) in [5.41, 5.74) is 5.89. The van der Waals surface area contributed by atoms with Gasteiger partial charge in [-0.15, -0.1) is 11.3 Å². The molecule has 0 fully saturated rings. The van der Waals surface area contributed by atoms with Crippen LogP contribution in [0, 0.1) is 6.92 Å². The van der Waals surface area contributed by atoms with E-state index in [2.05, 4.69) is 15.5 Å². The molecule has 1 N–H and O–H groups in total. The van der Waals surface area contributed by atoms with E-state index in [0.29, 0.717) is 18.1 Å². The minimum absolute atomic E-state index is 0.654. The van der Waals surface area contributed by atoms with Crippen LogP contribution in [0.25, 0.3) is 11.3 Å². The third-order valence-electron chi connectivity index (χ3n) is 4.02. The van der Waals surface area contributed by atoms with Gasteiger partial charge in [-0.05, 0) is 61.9 Å². The van der Waals surface area contributed by atoms with Crippen molar-refractivity contribution in [3.63, 3.8) is 0 Å². The van der Waals surface area contributed by atoms with Crippen molar-refractivity contribution in [3.8, 4) is 28.5 Å². The van der Waals surface area contributed by atoms with E-state index < -0.39 is 0 Å². The van der Waals surface area contributed by atoms with Gasteiger partial charge >= 0.3 is 0 Å². The zero-order valence-corrected chi connectivity index (χ0v) is 17.2. The molecule has 7 heteroatoms. The Morgan fingerprint density at radius 2 is 1.82 bits per heavy atom. The third-order valence-corrected chi connectivity index (χ3v) is 4.89. The Kier molecular flexibility index (Phi) is 6.49. The van der Waals surface area contributed by atoms with Crippen molar-refractivity contribution in [2.75, 3.05) is 26.3 Å². The largest absolute Gasteiger partial charge is 0.494 e. The highest BCUT2D eigenvalue weighted by molar-refractivity contribution is 7.15. The molecule has 1 heterocycles. The molecule has 0 bridgehead atoms. The number of ether oxygens (including phenoxy) is 3. The van der Waals surface area contributed by atoms with E-state index in [0.717, 1.165) is 32.6 Å². The fraction of sp³-hybridized carbons (Fsp3) is 0.238. The molecule has 28 heavy (non-hydrogen) atoms. The van der Waals surface area contributed by atoms with E-state index in [4.69, 9.17) is 14.2 Å². The highest BCUT2D eigenvalue weighted by Gasteiger charge is 2.10. The number of hydrogen-bond acceptors (Lipinski definition) is 7. The second-order valence-electron chi connectivity index (χ2n) is 5.87. The molecule has 0 radical (unpaired) electrons. The van der Waals surface area contributed by atoms with Crippen molar-refractivity contribution in [2.45, 2.75) is 13.8 Å². The summed E-state index contributed by atoms with van der Waals surface area (Å²) in [6, 6.07) is 13.6. The van der Waals surface area contributed by atoms with Crippen LogP contribution >= 0.6 is 11.3 Å². The Hall–Kier alpha value is -3.06. The molecule has 0 spiro atoms. The summed E-state index contributed by atoms with van der Waals surface area (Å²) in [5.74, 6) is 2.20. The molecule has 6 nitrogen and oxygen atoms in total. The van der Waals surface area contributed by atoms with Crippen molar-refractivity contribution in [3.05, 3.63) is 52.9 Å². The van der Waals surface area contributed by atoms with Crippen LogP contribution in [0.15, 0.2) is 47.6 Å². The van der Waals surface area contributed by atoms with Crippen LogP contribution < -0.4 is 19.6 Å². The average molecular weight is 398 g/mol. The summed E-state index contributed by atoms with van der Waals surface area (Å²) >= 11 is 1.56. The molecule has 2 aromatic carbocycles. The van der Waals surface area contributed by atoms with Gasteiger partial charge in [-0.2, -0.15) is 5.10 Å². The molecule has 1 aromatic heterocycles. The molecule has 0 atom stereocenters. The molecular formula is C21H23N3O3S. The van der Waals surface area contributed by atoms with Gasteiger partial charge in [0.2, 0.25) is 5.13 Å². The topological polar surface area (TPSA) is 65.0 Å². The summed E-state index contributed by atoms with van der Waals surface area (Å²) in [6.45, 7) is 4.67. The lowest BCUT2D eigenvalue weighted by Gasteiger charge is -2.07. The SMILES string of the molecule is CCOc1ccc(-c2nc(NN=Cc3ccc(OC)c(OC)c3)sc2C)cc1. The highest BCUT2D eigenvalue weighted by Crippen LogP contribution is 2.31. The predicted molar refractivity (Wildman–Crippen MR) is 114 cm³/mol. The molecule has 146 valence electrons. The first kappa shape index (κ1) is 19.7. The van der Waals surface area contributed by atoms with Crippen LogP contribution in [0.1, 0.15) is 17.4 Å². The van der Waals surface area contributed by atoms with Gasteiger partial charge in [0.25, 0.3) is 0 Å². The van der Waals surface area contributed by atoms with Crippen LogP contribution in [0.3, 0.4) is 0 Å². The quantitative estimate of drug-likeness (QED) is 0.429. The summed E-state index contributed by atoms with van der Waals surface area (Å²) in [6.07, 6.45) is 1.72. The third kappa shape index (κ3) is 4.61. The van der Waals surface area contributed by atoms with E-state index in [9.17, 15) is 0 Å². The van der Waals surface area contributed by atoms with Gasteiger partial charge in [0, 0.05) is 10.4 Å². The number of benzene rings is 2. The number of methoxy groups -OCH3 is 2. The van der Waals surface area contributed by atoms with Crippen molar-refractivity contribution in [1.82, 2.24) is 4.98 Å². The van der Waals surface area contributed by atoms with E-state index in [-0.39, 0.29) is 0 Å². The molecule has 0 aliphatic rings. The van der Waals surface area contributed by atoms with Gasteiger partial charge in [-0.3, -0.25) is 5.43 Å². The number of aromatic nitrogens is 1. The summed E-state index contributed by atoms with van der Waals surface area (Å²) in [7, 11) is 3.22. The number of nitrogens with zero attached hydrogens (tertiary/aromatic N) is 2. The second-order valence-corrected chi connectivity index (χ2v) is 7.07. The maximum atomic E-state index is 5.49. The maximum Gasteiger partial charge on any atom is 0.204 e. The lowest BCUT2D eigenvalue weighted by atomic mass is 10.1. The van der Waals surface area contributed by atoms with Crippen LogP contribution in [-0.2, 0) is 0 Å². The summed E-state index contributed by atoms with van der Waals surface area (Å²) < 4.78 is 16.0. The second kappa shape index (κ2) is 9.23. The molecular weight excluding hydrogens is 374 g/mol. The molecule has 3 aromatic rings. The Balaban J connectivity index is 1.70. The monoisotopic (exact) mass is 397 g/mol. The minimum atomic E-state index is 0.654. The van der Waals surface area contributed by atoms with Crippen LogP contribution in [0.5, 0.6) is 17.2 Å². The first-order valence-electron chi connectivity index (χ1n) is 8.86. The smallest absolute Gasteiger partial charge is 0.204 e. The van der Waals surface area contributed by atoms with Crippen molar-refractivity contribution < 1.29 is 14.2 Å². The van der Waals surface area contributed by atoms with Crippen molar-refractivity contribution in [2.24, 2.45) is 5.10 Å². The number of hydrazone groups is 1. The molecule has 0 amide bonds. The van der Waals surface area contributed by atoms with E-state index in [1.165, 1.54) is 0 Å². The van der Waals surface area contributed by atoms with Gasteiger partial charge in [0.1, 0.15) is 5.75 Å². The van der Waals surface area contributed by atoms with Crippen LogP contribution in [0.2, 0.25) is 0 Å². The molecule has 3 rings (SSSR count). The van der Waals surface area contributed by atoms with Gasteiger partial charge in [0.15, 0.2) is 11.5 Å². The van der Waals surface area contributed by atoms with E-state index >= 15 is 0 Å². The standard InChI is InChI=1S/C21H23N3O3S/c1-5-27-17-9-7-16(8-10-17)20-14(2)28-21(23-20)24-22-13-15-6-11-18(25-3)19(12-15)26-4/h6-13H,5H2,1-4H3,(H,23,24). The Bertz CT molecular complexity index is 952. The molecule has 0 aliphatic carbocycles. The van der Waals surface area contributed by atoms with Crippen LogP contribution in [0.4, 0.5) is 5.13 Å². The average Bonchev–Trinajstić information content (AvgIpc) is 3.09. The van der Waals surface area contributed by atoms with Gasteiger partial charge < -0.3 is 14.2 Å². The number of anilines is 1. The first-order valence-corrected chi connectivity index (χ1v) is 9.68. The first-order chi connectivity index (χ1) is 13.6.